The van der Waals surface area contributed by atoms with E-state index in [1.54, 1.807) is 26.9 Å². The lowest BCUT2D eigenvalue weighted by molar-refractivity contribution is -0.155. The van der Waals surface area contributed by atoms with Gasteiger partial charge in [-0.3, -0.25) is 14.4 Å². The molecule has 3 aromatic carbocycles. The van der Waals surface area contributed by atoms with Crippen LogP contribution in [0.3, 0.4) is 0 Å². The number of carbonyl (C=O) groups is 3. The fourth-order valence-corrected chi connectivity index (χ4v) is 8.45. The van der Waals surface area contributed by atoms with E-state index < -0.39 is 35.1 Å². The number of amides is 3. The van der Waals surface area contributed by atoms with Gasteiger partial charge in [0.15, 0.2) is 0 Å². The molecule has 3 unspecified atom stereocenters. The maximum atomic E-state index is 15.1. The molecule has 3 aliphatic heterocycles. The molecule has 3 fully saturated rings. The summed E-state index contributed by atoms with van der Waals surface area (Å²) >= 11 is 0. The van der Waals surface area contributed by atoms with Crippen LogP contribution in [0.15, 0.2) is 116 Å². The topological polar surface area (TPSA) is 90.4 Å². The van der Waals surface area contributed by atoms with Gasteiger partial charge in [0, 0.05) is 25.3 Å². The summed E-state index contributed by atoms with van der Waals surface area (Å²) in [5.74, 6) is -2.75. The molecule has 250 valence electrons. The third-order valence-electron chi connectivity index (χ3n) is 10.7. The zero-order valence-corrected chi connectivity index (χ0v) is 27.8. The van der Waals surface area contributed by atoms with Crippen LogP contribution in [0.2, 0.25) is 0 Å². The molecule has 0 aliphatic carbocycles. The second-order valence-corrected chi connectivity index (χ2v) is 13.5. The van der Waals surface area contributed by atoms with Gasteiger partial charge in [0.1, 0.15) is 11.6 Å². The molecule has 6 rings (SSSR count). The highest BCUT2D eigenvalue weighted by atomic mass is 16.5. The number of aliphatic hydroxyl groups is 1. The van der Waals surface area contributed by atoms with Crippen LogP contribution in [0.5, 0.6) is 0 Å². The molecule has 2 bridgehead atoms. The molecule has 3 aliphatic rings. The summed E-state index contributed by atoms with van der Waals surface area (Å²) in [6.07, 6.45) is 4.13. The number of aliphatic hydroxyl groups excluding tert-OH is 1. The summed E-state index contributed by atoms with van der Waals surface area (Å²) in [6, 6.07) is 26.9. The lowest BCUT2D eigenvalue weighted by Crippen LogP contribution is -2.59. The maximum Gasteiger partial charge on any atom is 0.249 e. The van der Waals surface area contributed by atoms with E-state index in [4.69, 9.17) is 4.74 Å². The molecule has 1 N–H and O–H groups in total. The molecule has 48 heavy (non-hydrogen) atoms. The number of nitrogens with zero attached hydrogens (tertiary/aromatic N) is 3. The second-order valence-electron chi connectivity index (χ2n) is 13.5. The van der Waals surface area contributed by atoms with E-state index >= 15 is 9.59 Å². The highest BCUT2D eigenvalue weighted by molar-refractivity contribution is 6.03. The second kappa shape index (κ2) is 13.5. The number of para-hydroxylation sites is 1. The third kappa shape index (κ3) is 5.57. The third-order valence-corrected chi connectivity index (χ3v) is 10.7. The first-order valence-corrected chi connectivity index (χ1v) is 16.8. The molecule has 3 aromatic rings. The van der Waals surface area contributed by atoms with Gasteiger partial charge < -0.3 is 24.5 Å². The quantitative estimate of drug-likeness (QED) is 0.263. The average molecular weight is 648 g/mol. The van der Waals surface area contributed by atoms with E-state index in [9.17, 15) is 9.90 Å². The molecular formula is C40H45N3O5. The van der Waals surface area contributed by atoms with Crippen molar-refractivity contribution in [3.05, 3.63) is 127 Å². The first-order valence-electron chi connectivity index (χ1n) is 16.8. The smallest absolute Gasteiger partial charge is 0.249 e. The molecule has 8 nitrogen and oxygen atoms in total. The number of anilines is 1. The van der Waals surface area contributed by atoms with Gasteiger partial charge in [-0.25, -0.2) is 0 Å². The lowest BCUT2D eigenvalue weighted by atomic mass is 9.62. The molecule has 0 saturated carbocycles. The zero-order chi connectivity index (χ0) is 34.1. The van der Waals surface area contributed by atoms with Crippen molar-refractivity contribution < 1.29 is 24.2 Å². The molecule has 3 amide bonds. The number of rotatable bonds is 13. The summed E-state index contributed by atoms with van der Waals surface area (Å²) in [5.41, 5.74) is 0.306. The van der Waals surface area contributed by atoms with Crippen molar-refractivity contribution in [1.82, 2.24) is 9.80 Å². The summed E-state index contributed by atoms with van der Waals surface area (Å²) in [4.78, 5) is 49.9. The van der Waals surface area contributed by atoms with Gasteiger partial charge in [0.05, 0.1) is 30.1 Å². The minimum atomic E-state index is -1.26. The monoisotopic (exact) mass is 647 g/mol. The lowest BCUT2D eigenvalue weighted by Gasteiger charge is -2.39. The first kappa shape index (κ1) is 33.4. The first-order chi connectivity index (χ1) is 23.2. The van der Waals surface area contributed by atoms with Crippen molar-refractivity contribution >= 4 is 23.4 Å². The normalized spacial score (nSPS) is 27.7. The highest BCUT2D eigenvalue weighted by Gasteiger charge is 2.80. The van der Waals surface area contributed by atoms with Crippen molar-refractivity contribution in [3.63, 3.8) is 0 Å². The van der Waals surface area contributed by atoms with Gasteiger partial charge in [-0.1, -0.05) is 97.9 Å². The van der Waals surface area contributed by atoms with E-state index in [0.29, 0.717) is 25.1 Å². The molecular weight excluding hydrogens is 602 g/mol. The Morgan fingerprint density at radius 1 is 0.938 bits per heavy atom. The Morgan fingerprint density at radius 2 is 1.52 bits per heavy atom. The Morgan fingerprint density at radius 3 is 2.10 bits per heavy atom. The maximum absolute atomic E-state index is 15.1. The van der Waals surface area contributed by atoms with Crippen LogP contribution in [-0.2, 0) is 32.1 Å². The van der Waals surface area contributed by atoms with Crippen molar-refractivity contribution in [2.75, 3.05) is 24.6 Å². The predicted octanol–water partition coefficient (Wildman–Crippen LogP) is 5.03. The number of ether oxygens (including phenoxy) is 1. The summed E-state index contributed by atoms with van der Waals surface area (Å²) in [5, 5.41) is 10.9. The highest BCUT2D eigenvalue weighted by Crippen LogP contribution is 2.66. The Balaban J connectivity index is 1.47. The zero-order valence-electron chi connectivity index (χ0n) is 27.8. The SMILES string of the molecule is C=CCN(Cc1ccccc1)C(=O)C1N([C@@H](CO)Cc2ccccc2)C(=O)[C@@H]2[C@H](C(=O)N(CC=C)c3ccccc3)[C@@]3(C)OC12CC3C. The Hall–Kier alpha value is -4.53. The van der Waals surface area contributed by atoms with Crippen molar-refractivity contribution in [1.29, 1.82) is 0 Å². The van der Waals surface area contributed by atoms with Gasteiger partial charge in [0.2, 0.25) is 17.7 Å². The Bertz CT molecular complexity index is 1650. The van der Waals surface area contributed by atoms with E-state index in [-0.39, 0.29) is 43.3 Å². The average Bonchev–Trinajstić information content (AvgIpc) is 3.62. The van der Waals surface area contributed by atoms with Gasteiger partial charge >= 0.3 is 0 Å². The molecule has 0 radical (unpaired) electrons. The number of hydrogen-bond acceptors (Lipinski definition) is 5. The van der Waals surface area contributed by atoms with Crippen molar-refractivity contribution in [3.8, 4) is 0 Å². The number of likely N-dealkylation sites (tertiary alicyclic amines) is 1. The van der Waals surface area contributed by atoms with Gasteiger partial charge in [-0.2, -0.15) is 0 Å². The van der Waals surface area contributed by atoms with Crippen LogP contribution < -0.4 is 4.90 Å². The minimum Gasteiger partial charge on any atom is -0.394 e. The summed E-state index contributed by atoms with van der Waals surface area (Å²) < 4.78 is 7.05. The number of fused-ring (bicyclic) bond motifs is 1. The van der Waals surface area contributed by atoms with Crippen molar-refractivity contribution in [2.24, 2.45) is 17.8 Å². The summed E-state index contributed by atoms with van der Waals surface area (Å²) in [6.45, 7) is 12.2. The van der Waals surface area contributed by atoms with Crippen LogP contribution in [0.25, 0.3) is 0 Å². The molecule has 3 heterocycles. The molecule has 7 atom stereocenters. The van der Waals surface area contributed by atoms with Crippen LogP contribution >= 0.6 is 0 Å². The van der Waals surface area contributed by atoms with Crippen LogP contribution in [0, 0.1) is 17.8 Å². The number of hydrogen-bond donors (Lipinski definition) is 1. The van der Waals surface area contributed by atoms with Crippen LogP contribution in [0.4, 0.5) is 5.69 Å². The molecule has 3 saturated heterocycles. The van der Waals surface area contributed by atoms with E-state index in [0.717, 1.165) is 11.1 Å². The Kier molecular flexibility index (Phi) is 9.41. The van der Waals surface area contributed by atoms with Gasteiger partial charge in [0.25, 0.3) is 0 Å². The fraction of sp³-hybridized carbons (Fsp3) is 0.375. The summed E-state index contributed by atoms with van der Waals surface area (Å²) in [7, 11) is 0. The van der Waals surface area contributed by atoms with Crippen LogP contribution in [0.1, 0.15) is 31.4 Å². The molecule has 8 heteroatoms. The van der Waals surface area contributed by atoms with Crippen LogP contribution in [-0.4, -0.2) is 75.6 Å². The largest absolute Gasteiger partial charge is 0.394 e. The van der Waals surface area contributed by atoms with Gasteiger partial charge in [-0.05, 0) is 48.9 Å². The minimum absolute atomic E-state index is 0.129. The van der Waals surface area contributed by atoms with Crippen molar-refractivity contribution in [2.45, 2.75) is 56.5 Å². The van der Waals surface area contributed by atoms with E-state index in [1.807, 2.05) is 105 Å². The number of carbonyl (C=O) groups excluding carboxylic acids is 3. The number of benzene rings is 3. The van der Waals surface area contributed by atoms with E-state index in [2.05, 4.69) is 13.2 Å². The molecule has 1 spiro atoms. The predicted molar refractivity (Wildman–Crippen MR) is 186 cm³/mol. The van der Waals surface area contributed by atoms with E-state index in [1.165, 1.54) is 0 Å². The van der Waals surface area contributed by atoms with Gasteiger partial charge in [-0.15, -0.1) is 13.2 Å². The standard InChI is InChI=1S/C40H45N3O5/c1-5-22-41(26-30-18-12-8-13-19-30)38(47)35-40-25-28(3)39(4,48-40)33(36(45)42(23-6-2)31-20-14-9-15-21-31)34(40)37(46)43(35)32(27-44)24-29-16-10-7-11-17-29/h5-21,28,32-35,44H,1-2,22-27H2,3-4H3/t28?,32-,33-,34+,35?,39+,40?/m1/s1. The Labute approximate surface area is 283 Å². The molecule has 0 aromatic heterocycles. The fourth-order valence-electron chi connectivity index (χ4n) is 8.45.